The lowest BCUT2D eigenvalue weighted by atomic mass is 9.88. The van der Waals surface area contributed by atoms with Crippen LogP contribution in [0.4, 0.5) is 0 Å². The summed E-state index contributed by atoms with van der Waals surface area (Å²) in [6.45, 7) is 7.49. The highest BCUT2D eigenvalue weighted by molar-refractivity contribution is 7.86. The van der Waals surface area contributed by atoms with E-state index in [2.05, 4.69) is 0 Å². The zero-order valence-electron chi connectivity index (χ0n) is 16.0. The molecule has 2 N–H and O–H groups in total. The van der Waals surface area contributed by atoms with E-state index in [4.69, 9.17) is 0 Å². The summed E-state index contributed by atoms with van der Waals surface area (Å²) in [6.07, 6.45) is 6.15. The van der Waals surface area contributed by atoms with E-state index < -0.39 is 30.7 Å². The lowest BCUT2D eigenvalue weighted by Gasteiger charge is -2.27. The van der Waals surface area contributed by atoms with E-state index in [1.807, 2.05) is 13.8 Å². The van der Waals surface area contributed by atoms with Gasteiger partial charge in [-0.3, -0.25) is 9.11 Å². The molecule has 6 nitrogen and oxygen atoms in total. The molecule has 0 aromatic heterocycles. The van der Waals surface area contributed by atoms with Crippen LogP contribution in [0.25, 0.3) is 0 Å². The van der Waals surface area contributed by atoms with Crippen molar-refractivity contribution in [1.29, 1.82) is 0 Å². The fourth-order valence-electron chi connectivity index (χ4n) is 3.54. The Morgan fingerprint density at radius 3 is 1.24 bits per heavy atom. The van der Waals surface area contributed by atoms with Gasteiger partial charge in [-0.05, 0) is 31.1 Å². The molecule has 0 saturated heterocycles. The molecule has 0 aliphatic carbocycles. The zero-order valence-corrected chi connectivity index (χ0v) is 17.7. The predicted octanol–water partition coefficient (Wildman–Crippen LogP) is 4.32. The summed E-state index contributed by atoms with van der Waals surface area (Å²) in [5, 5.41) is -1.78. The Morgan fingerprint density at radius 2 is 1.00 bits per heavy atom. The molecule has 25 heavy (non-hydrogen) atoms. The van der Waals surface area contributed by atoms with Gasteiger partial charge in [0, 0.05) is 0 Å². The lowest BCUT2D eigenvalue weighted by molar-refractivity contribution is 0.332. The van der Waals surface area contributed by atoms with Crippen molar-refractivity contribution < 1.29 is 25.9 Å². The number of unbranched alkanes of at least 4 members (excludes halogenated alkanes) is 4. The molecular formula is C17H36O6S2. The van der Waals surface area contributed by atoms with Crippen molar-refractivity contribution in [3.05, 3.63) is 0 Å². The maximum absolute atomic E-state index is 11.7. The van der Waals surface area contributed by atoms with Gasteiger partial charge in [-0.2, -0.15) is 16.8 Å². The average Bonchev–Trinajstić information content (AvgIpc) is 2.45. The van der Waals surface area contributed by atoms with E-state index in [1.165, 1.54) is 0 Å². The van der Waals surface area contributed by atoms with Crippen molar-refractivity contribution in [1.82, 2.24) is 0 Å². The molecule has 0 aliphatic heterocycles. The molecule has 0 amide bonds. The quantitative estimate of drug-likeness (QED) is 0.332. The van der Waals surface area contributed by atoms with Crippen LogP contribution in [0.15, 0.2) is 0 Å². The first-order chi connectivity index (χ1) is 11.4. The van der Waals surface area contributed by atoms with E-state index in [0.717, 1.165) is 25.7 Å². The van der Waals surface area contributed by atoms with Crippen molar-refractivity contribution >= 4 is 20.2 Å². The highest BCUT2D eigenvalue weighted by Gasteiger charge is 2.34. The Kier molecular flexibility index (Phi) is 11.4. The first-order valence-corrected chi connectivity index (χ1v) is 12.4. The monoisotopic (exact) mass is 400 g/mol. The van der Waals surface area contributed by atoms with Crippen LogP contribution in [-0.2, 0) is 20.2 Å². The molecular weight excluding hydrogens is 364 g/mol. The van der Waals surface area contributed by atoms with Gasteiger partial charge in [-0.15, -0.1) is 0 Å². The zero-order chi connectivity index (χ0) is 19.7. The average molecular weight is 401 g/mol. The van der Waals surface area contributed by atoms with Crippen molar-refractivity contribution in [3.8, 4) is 0 Å². The number of rotatable bonds is 14. The molecule has 0 rings (SSSR count). The van der Waals surface area contributed by atoms with E-state index in [0.29, 0.717) is 32.1 Å². The number of hydrogen-bond acceptors (Lipinski definition) is 4. The van der Waals surface area contributed by atoms with E-state index in [-0.39, 0.29) is 11.8 Å². The fourth-order valence-corrected chi connectivity index (χ4v) is 5.86. The van der Waals surface area contributed by atoms with Gasteiger partial charge in [0.25, 0.3) is 20.2 Å². The van der Waals surface area contributed by atoms with Gasteiger partial charge >= 0.3 is 0 Å². The van der Waals surface area contributed by atoms with Crippen molar-refractivity contribution in [2.24, 2.45) is 11.8 Å². The molecule has 0 aromatic carbocycles. The molecule has 0 aliphatic rings. The van der Waals surface area contributed by atoms with Crippen molar-refractivity contribution in [2.75, 3.05) is 0 Å². The fraction of sp³-hybridized carbons (Fsp3) is 1.00. The molecule has 4 unspecified atom stereocenters. The van der Waals surface area contributed by atoms with Crippen LogP contribution in [-0.4, -0.2) is 36.4 Å². The van der Waals surface area contributed by atoms with Crippen LogP contribution in [0, 0.1) is 11.8 Å². The third-order valence-corrected chi connectivity index (χ3v) is 7.89. The number of hydrogen-bond donors (Lipinski definition) is 2. The Morgan fingerprint density at radius 1 is 0.680 bits per heavy atom. The summed E-state index contributed by atoms with van der Waals surface area (Å²) >= 11 is 0. The van der Waals surface area contributed by atoms with Crippen molar-refractivity contribution in [3.63, 3.8) is 0 Å². The summed E-state index contributed by atoms with van der Waals surface area (Å²) in [4.78, 5) is 0. The summed E-state index contributed by atoms with van der Waals surface area (Å²) in [5.41, 5.74) is 0. The standard InChI is InChI=1S/C17H36O6S2/c1-5-7-9-11-16(24(18,19)20)14(3)13-15(4)17(25(21,22)23)12-10-8-6-2/h14-17H,5-13H2,1-4H3,(H,18,19,20)(H,21,22,23). The smallest absolute Gasteiger partial charge is 0.268 e. The Balaban J connectivity index is 5.05. The highest BCUT2D eigenvalue weighted by atomic mass is 32.2. The van der Waals surface area contributed by atoms with Gasteiger partial charge in [0.2, 0.25) is 0 Å². The maximum Gasteiger partial charge on any atom is 0.268 e. The predicted molar refractivity (Wildman–Crippen MR) is 102 cm³/mol. The minimum Gasteiger partial charge on any atom is -0.285 e. The first-order valence-electron chi connectivity index (χ1n) is 9.37. The molecule has 0 radical (unpaired) electrons. The summed E-state index contributed by atoms with van der Waals surface area (Å²) in [6, 6.07) is 0. The summed E-state index contributed by atoms with van der Waals surface area (Å²) < 4.78 is 65.9. The van der Waals surface area contributed by atoms with Crippen LogP contribution >= 0.6 is 0 Å². The minimum atomic E-state index is -4.18. The van der Waals surface area contributed by atoms with Gasteiger partial charge in [0.1, 0.15) is 0 Å². The topological polar surface area (TPSA) is 109 Å². The van der Waals surface area contributed by atoms with Gasteiger partial charge in [0.05, 0.1) is 10.5 Å². The van der Waals surface area contributed by atoms with Gasteiger partial charge in [-0.25, -0.2) is 0 Å². The van der Waals surface area contributed by atoms with E-state index in [1.54, 1.807) is 13.8 Å². The van der Waals surface area contributed by atoms with Gasteiger partial charge in [-0.1, -0.05) is 66.2 Å². The Labute approximate surface area is 154 Å². The van der Waals surface area contributed by atoms with Crippen LogP contribution in [0.5, 0.6) is 0 Å². The second-order valence-corrected chi connectivity index (χ2v) is 10.6. The van der Waals surface area contributed by atoms with Crippen LogP contribution < -0.4 is 0 Å². The van der Waals surface area contributed by atoms with Crippen LogP contribution in [0.3, 0.4) is 0 Å². The van der Waals surface area contributed by atoms with E-state index in [9.17, 15) is 25.9 Å². The summed E-state index contributed by atoms with van der Waals surface area (Å²) in [5.74, 6) is -0.755. The first kappa shape index (κ1) is 24.8. The molecule has 4 atom stereocenters. The molecule has 0 heterocycles. The SMILES string of the molecule is CCCCCC(C(C)CC(C)C(CCCCC)S(=O)(=O)O)S(=O)(=O)O. The third-order valence-electron chi connectivity index (χ3n) is 4.96. The molecule has 0 bridgehead atoms. The normalized spacial score (nSPS) is 17.8. The Hall–Kier alpha value is -0.180. The molecule has 0 fully saturated rings. The van der Waals surface area contributed by atoms with E-state index >= 15 is 0 Å². The molecule has 8 heteroatoms. The van der Waals surface area contributed by atoms with Crippen molar-refractivity contribution in [2.45, 2.75) is 96.0 Å². The highest BCUT2D eigenvalue weighted by Crippen LogP contribution is 2.29. The summed E-state index contributed by atoms with van der Waals surface area (Å²) in [7, 11) is -8.37. The molecule has 152 valence electrons. The third kappa shape index (κ3) is 9.92. The van der Waals surface area contributed by atoms with Crippen LogP contribution in [0.1, 0.15) is 85.5 Å². The second-order valence-electron chi connectivity index (χ2n) is 7.29. The molecule has 0 aromatic rings. The largest absolute Gasteiger partial charge is 0.285 e. The van der Waals surface area contributed by atoms with Crippen LogP contribution in [0.2, 0.25) is 0 Å². The molecule has 0 saturated carbocycles. The minimum absolute atomic E-state index is 0.327. The maximum atomic E-state index is 11.7. The molecule has 0 spiro atoms. The Bertz CT molecular complexity index is 506. The van der Waals surface area contributed by atoms with Gasteiger partial charge in [0.15, 0.2) is 0 Å². The second kappa shape index (κ2) is 11.5. The van der Waals surface area contributed by atoms with Gasteiger partial charge < -0.3 is 0 Å². The lowest BCUT2D eigenvalue weighted by Crippen LogP contribution is -2.34.